The van der Waals surface area contributed by atoms with Crippen molar-refractivity contribution in [2.45, 2.75) is 6.42 Å². The minimum atomic E-state index is -0.00105. The van der Waals surface area contributed by atoms with E-state index in [1.807, 2.05) is 23.2 Å². The van der Waals surface area contributed by atoms with Crippen LogP contribution in [0.1, 0.15) is 16.1 Å². The van der Waals surface area contributed by atoms with Crippen LogP contribution in [0.5, 0.6) is 0 Å². The lowest BCUT2D eigenvalue weighted by Gasteiger charge is -2.34. The highest BCUT2D eigenvalue weighted by atomic mass is 16.2. The molecule has 1 fully saturated rings. The molecule has 0 saturated carbocycles. The Morgan fingerprint density at radius 3 is 2.36 bits per heavy atom. The smallest absolute Gasteiger partial charge is 0.254 e. The van der Waals surface area contributed by atoms with Crippen molar-refractivity contribution in [2.24, 2.45) is 0 Å². The number of nitrogens with zero attached hydrogens (tertiary/aromatic N) is 3. The van der Waals surface area contributed by atoms with Gasteiger partial charge in [-0.2, -0.15) is 0 Å². The van der Waals surface area contributed by atoms with Gasteiger partial charge in [-0.1, -0.05) is 0 Å². The number of piperazine rings is 1. The molecule has 2 aromatic rings. The topological polar surface area (TPSA) is 69.3 Å². The average molecular weight is 298 g/mol. The number of pyridine rings is 1. The molecule has 0 unspecified atom stereocenters. The van der Waals surface area contributed by atoms with Crippen LogP contribution in [0.3, 0.4) is 0 Å². The van der Waals surface area contributed by atoms with Crippen molar-refractivity contribution in [3.63, 3.8) is 0 Å². The number of hydrogen-bond donors (Lipinski definition) is 1. The molecule has 22 heavy (non-hydrogen) atoms. The van der Waals surface area contributed by atoms with E-state index in [4.69, 9.17) is 0 Å². The van der Waals surface area contributed by atoms with Gasteiger partial charge in [0, 0.05) is 56.0 Å². The highest BCUT2D eigenvalue weighted by Crippen LogP contribution is 2.09. The number of nitrogens with one attached hydrogen (secondary N) is 1. The highest BCUT2D eigenvalue weighted by molar-refractivity contribution is 5.94. The van der Waals surface area contributed by atoms with Gasteiger partial charge in [0.05, 0.1) is 6.42 Å². The first kappa shape index (κ1) is 14.3. The van der Waals surface area contributed by atoms with Gasteiger partial charge in [0.25, 0.3) is 5.91 Å². The monoisotopic (exact) mass is 298 g/mol. The summed E-state index contributed by atoms with van der Waals surface area (Å²) in [6.07, 6.45) is 5.42. The minimum Gasteiger partial charge on any atom is -0.365 e. The zero-order valence-corrected chi connectivity index (χ0v) is 12.2. The van der Waals surface area contributed by atoms with Crippen LogP contribution in [0, 0.1) is 0 Å². The lowest BCUT2D eigenvalue weighted by molar-refractivity contribution is -0.132. The molecule has 0 radical (unpaired) electrons. The SMILES string of the molecule is O=C(Cc1ccc[nH]1)N1CCN(C(=O)c2ccncc2)CC1. The normalized spacial score (nSPS) is 14.9. The fourth-order valence-corrected chi connectivity index (χ4v) is 2.59. The summed E-state index contributed by atoms with van der Waals surface area (Å²) in [6, 6.07) is 7.21. The Bertz CT molecular complexity index is 631. The maximum absolute atomic E-state index is 12.3. The number of H-pyrrole nitrogens is 1. The van der Waals surface area contributed by atoms with Gasteiger partial charge in [-0.05, 0) is 24.3 Å². The Balaban J connectivity index is 1.54. The number of carbonyl (C=O) groups excluding carboxylic acids is 2. The van der Waals surface area contributed by atoms with E-state index in [1.165, 1.54) is 0 Å². The van der Waals surface area contributed by atoms with E-state index < -0.39 is 0 Å². The van der Waals surface area contributed by atoms with Crippen molar-refractivity contribution in [1.29, 1.82) is 0 Å². The Kier molecular flexibility index (Phi) is 4.18. The van der Waals surface area contributed by atoms with E-state index in [0.717, 1.165) is 5.69 Å². The van der Waals surface area contributed by atoms with Gasteiger partial charge < -0.3 is 14.8 Å². The second-order valence-electron chi connectivity index (χ2n) is 5.28. The lowest BCUT2D eigenvalue weighted by atomic mass is 10.2. The molecular formula is C16H18N4O2. The molecule has 0 aliphatic carbocycles. The van der Waals surface area contributed by atoms with Crippen LogP contribution >= 0.6 is 0 Å². The van der Waals surface area contributed by atoms with Crippen LogP contribution in [-0.2, 0) is 11.2 Å². The van der Waals surface area contributed by atoms with E-state index in [2.05, 4.69) is 9.97 Å². The van der Waals surface area contributed by atoms with E-state index in [1.54, 1.807) is 29.4 Å². The molecule has 0 aromatic carbocycles. The van der Waals surface area contributed by atoms with E-state index in [9.17, 15) is 9.59 Å². The molecule has 2 amide bonds. The molecule has 0 spiro atoms. The predicted molar refractivity (Wildman–Crippen MR) is 81.2 cm³/mol. The maximum atomic E-state index is 12.3. The van der Waals surface area contributed by atoms with Gasteiger partial charge in [0.1, 0.15) is 0 Å². The van der Waals surface area contributed by atoms with Gasteiger partial charge in [-0.25, -0.2) is 0 Å². The third-order valence-electron chi connectivity index (χ3n) is 3.85. The molecule has 1 N–H and O–H groups in total. The Hall–Kier alpha value is -2.63. The molecule has 1 saturated heterocycles. The Labute approximate surface area is 128 Å². The molecule has 0 atom stereocenters. The second-order valence-corrected chi connectivity index (χ2v) is 5.28. The average Bonchev–Trinajstić information content (AvgIpc) is 3.08. The number of aromatic amines is 1. The third-order valence-corrected chi connectivity index (χ3v) is 3.85. The number of rotatable bonds is 3. The first-order valence-corrected chi connectivity index (χ1v) is 7.33. The van der Waals surface area contributed by atoms with Gasteiger partial charge >= 0.3 is 0 Å². The molecule has 1 aliphatic rings. The fraction of sp³-hybridized carbons (Fsp3) is 0.312. The lowest BCUT2D eigenvalue weighted by Crippen LogP contribution is -2.51. The number of hydrogen-bond acceptors (Lipinski definition) is 3. The summed E-state index contributed by atoms with van der Waals surface area (Å²) in [5.74, 6) is 0.0947. The summed E-state index contributed by atoms with van der Waals surface area (Å²) in [6.45, 7) is 2.29. The molecule has 114 valence electrons. The quantitative estimate of drug-likeness (QED) is 0.917. The number of aromatic nitrogens is 2. The fourth-order valence-electron chi connectivity index (χ4n) is 2.59. The van der Waals surface area contributed by atoms with Crippen molar-refractivity contribution in [1.82, 2.24) is 19.8 Å². The van der Waals surface area contributed by atoms with Crippen molar-refractivity contribution < 1.29 is 9.59 Å². The number of carbonyl (C=O) groups is 2. The van der Waals surface area contributed by atoms with Crippen LogP contribution in [0.25, 0.3) is 0 Å². The highest BCUT2D eigenvalue weighted by Gasteiger charge is 2.24. The van der Waals surface area contributed by atoms with Crippen molar-refractivity contribution in [2.75, 3.05) is 26.2 Å². The largest absolute Gasteiger partial charge is 0.365 e. The summed E-state index contributed by atoms with van der Waals surface area (Å²) in [5.41, 5.74) is 1.56. The maximum Gasteiger partial charge on any atom is 0.254 e. The Morgan fingerprint density at radius 1 is 1.05 bits per heavy atom. The number of amides is 2. The molecule has 6 nitrogen and oxygen atoms in total. The molecule has 6 heteroatoms. The molecule has 3 heterocycles. The Morgan fingerprint density at radius 2 is 1.73 bits per heavy atom. The predicted octanol–water partition coefficient (Wildman–Crippen LogP) is 0.937. The van der Waals surface area contributed by atoms with Crippen molar-refractivity contribution in [3.8, 4) is 0 Å². The molecule has 1 aliphatic heterocycles. The molecule has 0 bridgehead atoms. The molecule has 2 aromatic heterocycles. The van der Waals surface area contributed by atoms with Crippen molar-refractivity contribution >= 4 is 11.8 Å². The van der Waals surface area contributed by atoms with Gasteiger partial charge in [-0.3, -0.25) is 14.6 Å². The van der Waals surface area contributed by atoms with Crippen LogP contribution in [0.15, 0.2) is 42.9 Å². The van der Waals surface area contributed by atoms with E-state index >= 15 is 0 Å². The summed E-state index contributed by atoms with van der Waals surface area (Å²) in [5, 5.41) is 0. The van der Waals surface area contributed by atoms with Gasteiger partial charge in [0.15, 0.2) is 0 Å². The van der Waals surface area contributed by atoms with E-state index in [0.29, 0.717) is 38.2 Å². The van der Waals surface area contributed by atoms with Crippen molar-refractivity contribution in [3.05, 3.63) is 54.1 Å². The zero-order valence-electron chi connectivity index (χ0n) is 12.2. The summed E-state index contributed by atoms with van der Waals surface area (Å²) in [7, 11) is 0. The van der Waals surface area contributed by atoms with Crippen LogP contribution in [0.4, 0.5) is 0 Å². The van der Waals surface area contributed by atoms with Crippen LogP contribution < -0.4 is 0 Å². The first-order valence-electron chi connectivity index (χ1n) is 7.33. The zero-order chi connectivity index (χ0) is 15.4. The second kappa shape index (κ2) is 6.43. The van der Waals surface area contributed by atoms with Gasteiger partial charge in [-0.15, -0.1) is 0 Å². The summed E-state index contributed by atoms with van der Waals surface area (Å²) in [4.78, 5) is 35.1. The minimum absolute atomic E-state index is 0.00105. The first-order chi connectivity index (χ1) is 10.7. The summed E-state index contributed by atoms with van der Waals surface area (Å²) < 4.78 is 0. The van der Waals surface area contributed by atoms with Crippen LogP contribution in [-0.4, -0.2) is 57.8 Å². The van der Waals surface area contributed by atoms with Crippen LogP contribution in [0.2, 0.25) is 0 Å². The molecule has 3 rings (SSSR count). The van der Waals surface area contributed by atoms with Gasteiger partial charge in [0.2, 0.25) is 5.91 Å². The third kappa shape index (κ3) is 3.16. The van der Waals surface area contributed by atoms with E-state index in [-0.39, 0.29) is 11.8 Å². The molecular weight excluding hydrogens is 280 g/mol. The summed E-state index contributed by atoms with van der Waals surface area (Å²) >= 11 is 0. The standard InChI is InChI=1S/C16H18N4O2/c21-15(12-14-2-1-5-18-14)19-8-10-20(11-9-19)16(22)13-3-6-17-7-4-13/h1-7,18H,8-12H2.